The van der Waals surface area contributed by atoms with E-state index in [0.29, 0.717) is 19.7 Å². The van der Waals surface area contributed by atoms with Crippen molar-refractivity contribution in [2.45, 2.75) is 40.0 Å². The van der Waals surface area contributed by atoms with Gasteiger partial charge < -0.3 is 19.4 Å². The lowest BCUT2D eigenvalue weighted by Gasteiger charge is -2.34. The minimum absolute atomic E-state index is 0.215. The molecule has 0 saturated carbocycles. The molecule has 0 atom stereocenters. The Morgan fingerprint density at radius 2 is 2.05 bits per heavy atom. The Morgan fingerprint density at radius 3 is 2.82 bits per heavy atom. The molecular weight excluding hydrogens is 500 g/mol. The van der Waals surface area contributed by atoms with Gasteiger partial charge in [-0.3, -0.25) is 4.90 Å². The molecule has 200 valence electrons. The van der Waals surface area contributed by atoms with Crippen molar-refractivity contribution in [3.8, 4) is 11.5 Å². The highest BCUT2D eigenvalue weighted by molar-refractivity contribution is 7.26. The maximum Gasteiger partial charge on any atom is 0.409 e. The van der Waals surface area contributed by atoms with Crippen LogP contribution in [0.25, 0.3) is 31.9 Å². The number of rotatable bonds is 6. The van der Waals surface area contributed by atoms with E-state index in [1.807, 2.05) is 19.1 Å². The summed E-state index contributed by atoms with van der Waals surface area (Å²) in [6.45, 7) is 11.6. The Balaban J connectivity index is 1.25. The number of anilines is 1. The molecule has 0 spiro atoms. The number of furan rings is 1. The van der Waals surface area contributed by atoms with Crippen molar-refractivity contribution in [3.63, 3.8) is 0 Å². The van der Waals surface area contributed by atoms with Crippen molar-refractivity contribution in [1.82, 2.24) is 24.8 Å². The molecule has 1 N–H and O–H groups in total. The average molecular weight is 535 g/mol. The molecule has 10 heteroatoms. The lowest BCUT2D eigenvalue weighted by atomic mass is 9.73. The fourth-order valence-electron chi connectivity index (χ4n) is 5.65. The number of pyridine rings is 1. The molecule has 0 aromatic carbocycles. The molecule has 4 aromatic heterocycles. The first-order chi connectivity index (χ1) is 18.4. The first-order valence-corrected chi connectivity index (χ1v) is 14.3. The minimum Gasteiger partial charge on any atom is -0.463 e. The highest BCUT2D eigenvalue weighted by Gasteiger charge is 2.32. The van der Waals surface area contributed by atoms with Gasteiger partial charge in [0.1, 0.15) is 22.7 Å². The number of aromatic nitrogens is 3. The van der Waals surface area contributed by atoms with Gasteiger partial charge in [0.05, 0.1) is 23.1 Å². The first-order valence-electron chi connectivity index (χ1n) is 13.4. The summed E-state index contributed by atoms with van der Waals surface area (Å²) in [6.07, 6.45) is 6.26. The van der Waals surface area contributed by atoms with Gasteiger partial charge in [-0.1, -0.05) is 13.8 Å². The predicted octanol–water partition coefficient (Wildman–Crippen LogP) is 5.20. The third kappa shape index (κ3) is 4.71. The van der Waals surface area contributed by atoms with Gasteiger partial charge in [0.15, 0.2) is 5.76 Å². The molecule has 1 amide bonds. The zero-order chi connectivity index (χ0) is 26.3. The first kappa shape index (κ1) is 25.1. The van der Waals surface area contributed by atoms with Gasteiger partial charge in [-0.15, -0.1) is 11.3 Å². The van der Waals surface area contributed by atoms with Crippen molar-refractivity contribution in [1.29, 1.82) is 0 Å². The van der Waals surface area contributed by atoms with E-state index >= 15 is 0 Å². The van der Waals surface area contributed by atoms with Crippen LogP contribution in [0.4, 0.5) is 10.6 Å². The van der Waals surface area contributed by atoms with Gasteiger partial charge >= 0.3 is 6.09 Å². The van der Waals surface area contributed by atoms with Crippen molar-refractivity contribution in [2.75, 3.05) is 51.2 Å². The molecule has 4 aromatic rings. The lowest BCUT2D eigenvalue weighted by Crippen LogP contribution is -2.49. The van der Waals surface area contributed by atoms with E-state index in [2.05, 4.69) is 29.0 Å². The second-order valence-corrected chi connectivity index (χ2v) is 11.9. The summed E-state index contributed by atoms with van der Waals surface area (Å²) in [5, 5.41) is 4.72. The van der Waals surface area contributed by atoms with E-state index in [-0.39, 0.29) is 11.5 Å². The smallest absolute Gasteiger partial charge is 0.409 e. The molecule has 38 heavy (non-hydrogen) atoms. The zero-order valence-electron chi connectivity index (χ0n) is 22.2. The molecule has 0 bridgehead atoms. The molecule has 5 heterocycles. The number of fused-ring (bicyclic) bond motifs is 5. The van der Waals surface area contributed by atoms with Gasteiger partial charge in [-0.05, 0) is 54.9 Å². The van der Waals surface area contributed by atoms with Crippen molar-refractivity contribution < 1.29 is 13.9 Å². The number of hydrogen-bond acceptors (Lipinski definition) is 9. The van der Waals surface area contributed by atoms with Crippen LogP contribution in [-0.4, -0.2) is 76.7 Å². The zero-order valence-corrected chi connectivity index (χ0v) is 23.1. The van der Waals surface area contributed by atoms with Crippen molar-refractivity contribution in [3.05, 3.63) is 35.9 Å². The number of nitrogens with one attached hydrogen (secondary N) is 1. The maximum atomic E-state index is 12.0. The molecule has 2 aliphatic rings. The largest absolute Gasteiger partial charge is 0.463 e. The summed E-state index contributed by atoms with van der Waals surface area (Å²) in [4.78, 5) is 31.6. The van der Waals surface area contributed by atoms with Gasteiger partial charge in [-0.2, -0.15) is 0 Å². The third-order valence-electron chi connectivity index (χ3n) is 7.70. The van der Waals surface area contributed by atoms with Crippen LogP contribution in [0.15, 0.2) is 29.1 Å². The monoisotopic (exact) mass is 534 g/mol. The molecule has 1 aliphatic heterocycles. The predicted molar refractivity (Wildman–Crippen MR) is 150 cm³/mol. The Hall–Kier alpha value is -3.24. The topological polar surface area (TPSA) is 96.6 Å². The van der Waals surface area contributed by atoms with Gasteiger partial charge in [0.25, 0.3) is 0 Å². The Bertz CT molecular complexity index is 1460. The SMILES string of the molecule is CCOC(=O)N1CCN(CCNc2ncnc3c2sc2nc(-c4ccco4)c4c(c23)CC(C)(C)CC4)CC1. The number of hydrogen-bond donors (Lipinski definition) is 1. The van der Waals surface area contributed by atoms with E-state index in [1.54, 1.807) is 28.8 Å². The van der Waals surface area contributed by atoms with Crippen molar-refractivity contribution >= 4 is 43.7 Å². The fraction of sp³-hybridized carbons (Fsp3) is 0.500. The maximum absolute atomic E-state index is 12.0. The normalized spacial score (nSPS) is 17.6. The fourth-order valence-corrected chi connectivity index (χ4v) is 6.78. The highest BCUT2D eigenvalue weighted by atomic mass is 32.1. The van der Waals surface area contributed by atoms with Crippen LogP contribution in [-0.2, 0) is 17.6 Å². The third-order valence-corrected chi connectivity index (χ3v) is 8.78. The molecule has 1 aliphatic carbocycles. The van der Waals surface area contributed by atoms with Crippen LogP contribution >= 0.6 is 11.3 Å². The number of thiophene rings is 1. The number of carbonyl (C=O) groups excluding carboxylic acids is 1. The van der Waals surface area contributed by atoms with E-state index in [1.165, 1.54) is 16.5 Å². The van der Waals surface area contributed by atoms with Gasteiger partial charge in [-0.25, -0.2) is 19.7 Å². The summed E-state index contributed by atoms with van der Waals surface area (Å²) < 4.78 is 12.0. The summed E-state index contributed by atoms with van der Waals surface area (Å²) in [5.41, 5.74) is 4.82. The Kier molecular flexibility index (Phi) is 6.69. The second kappa shape index (κ2) is 10.1. The van der Waals surface area contributed by atoms with Crippen LogP contribution in [0.5, 0.6) is 0 Å². The summed E-state index contributed by atoms with van der Waals surface area (Å²) in [5.74, 6) is 1.68. The van der Waals surface area contributed by atoms with Crippen LogP contribution in [0.2, 0.25) is 0 Å². The van der Waals surface area contributed by atoms with E-state index in [9.17, 15) is 4.79 Å². The molecule has 6 rings (SSSR count). The minimum atomic E-state index is -0.215. The molecule has 1 fully saturated rings. The number of amides is 1. The van der Waals surface area contributed by atoms with Crippen LogP contribution in [0.1, 0.15) is 38.3 Å². The molecule has 0 unspecified atom stereocenters. The Morgan fingerprint density at radius 1 is 1.21 bits per heavy atom. The second-order valence-electron chi connectivity index (χ2n) is 10.9. The molecule has 9 nitrogen and oxygen atoms in total. The van der Waals surface area contributed by atoms with E-state index in [0.717, 1.165) is 77.8 Å². The standard InChI is InChI=1S/C28H34N6O3S/c1-4-36-27(35)34-13-11-33(12-14-34)10-9-29-25-24-23(30-17-31-25)21-19-16-28(2,3)8-7-18(19)22(32-26(21)38-24)20-6-5-15-37-20/h5-6,15,17H,4,7-14,16H2,1-3H3,(H,29,30,31). The lowest BCUT2D eigenvalue weighted by molar-refractivity contribution is 0.0807. The molecule has 0 radical (unpaired) electrons. The van der Waals surface area contributed by atoms with Crippen LogP contribution in [0.3, 0.4) is 0 Å². The summed E-state index contributed by atoms with van der Waals surface area (Å²) in [6, 6.07) is 3.93. The van der Waals surface area contributed by atoms with Crippen molar-refractivity contribution in [2.24, 2.45) is 5.41 Å². The summed E-state index contributed by atoms with van der Waals surface area (Å²) in [7, 11) is 0. The number of carbonyl (C=O) groups is 1. The number of ether oxygens (including phenoxy) is 1. The van der Waals surface area contributed by atoms with E-state index in [4.69, 9.17) is 19.1 Å². The van der Waals surface area contributed by atoms with E-state index < -0.39 is 0 Å². The van der Waals surface area contributed by atoms with Crippen LogP contribution in [0, 0.1) is 5.41 Å². The number of nitrogens with zero attached hydrogens (tertiary/aromatic N) is 5. The van der Waals surface area contributed by atoms with Gasteiger partial charge in [0.2, 0.25) is 0 Å². The summed E-state index contributed by atoms with van der Waals surface area (Å²) >= 11 is 1.65. The van der Waals surface area contributed by atoms with Gasteiger partial charge in [0, 0.05) is 44.7 Å². The van der Waals surface area contributed by atoms with Crippen LogP contribution < -0.4 is 5.32 Å². The quantitative estimate of drug-likeness (QED) is 0.361. The Labute approximate surface area is 226 Å². The molecular formula is C28H34N6O3S. The highest BCUT2D eigenvalue weighted by Crippen LogP contribution is 2.46. The molecule has 1 saturated heterocycles. The average Bonchev–Trinajstić information content (AvgIpc) is 3.57. The number of piperazine rings is 1.